The zero-order valence-corrected chi connectivity index (χ0v) is 24.8. The van der Waals surface area contributed by atoms with Crippen molar-refractivity contribution in [2.45, 2.75) is 76.5 Å². The van der Waals surface area contributed by atoms with E-state index >= 15 is 0 Å². The average molecular weight is 593 g/mol. The summed E-state index contributed by atoms with van der Waals surface area (Å²) >= 11 is 0. The first-order chi connectivity index (χ1) is 20.6. The minimum absolute atomic E-state index is 0.0270. The van der Waals surface area contributed by atoms with Gasteiger partial charge in [-0.1, -0.05) is 62.4 Å². The maximum Gasteiger partial charge on any atom is 0.326 e. The first kappa shape index (κ1) is 33.3. The number of nitrogens with one attached hydrogen (secondary N) is 4. The summed E-state index contributed by atoms with van der Waals surface area (Å²) in [5.41, 5.74) is 14.5. The number of benzene rings is 2. The summed E-state index contributed by atoms with van der Waals surface area (Å²) in [6, 6.07) is 12.7. The number of para-hydroxylation sites is 1. The van der Waals surface area contributed by atoms with E-state index in [0.717, 1.165) is 22.0 Å². The summed E-state index contributed by atoms with van der Waals surface area (Å²) in [5, 5.41) is 18.8. The third-order valence-electron chi connectivity index (χ3n) is 7.27. The molecule has 3 rings (SSSR count). The van der Waals surface area contributed by atoms with Crippen LogP contribution < -0.4 is 27.4 Å². The van der Waals surface area contributed by atoms with E-state index in [1.807, 2.05) is 74.6 Å². The van der Waals surface area contributed by atoms with Gasteiger partial charge in [0, 0.05) is 23.5 Å². The highest BCUT2D eigenvalue weighted by molar-refractivity contribution is 5.94. The molecule has 9 N–H and O–H groups in total. The van der Waals surface area contributed by atoms with E-state index in [9.17, 15) is 24.3 Å². The van der Waals surface area contributed by atoms with Crippen LogP contribution in [0.4, 0.5) is 0 Å². The van der Waals surface area contributed by atoms with Gasteiger partial charge in [0.25, 0.3) is 0 Å². The van der Waals surface area contributed by atoms with E-state index in [1.54, 1.807) is 0 Å². The number of carbonyl (C=O) groups excluding carboxylic acids is 3. The Morgan fingerprint density at radius 1 is 0.814 bits per heavy atom. The van der Waals surface area contributed by atoms with Crippen LogP contribution in [-0.2, 0) is 32.0 Å². The second-order valence-electron chi connectivity index (χ2n) is 11.3. The Morgan fingerprint density at radius 3 is 2.12 bits per heavy atom. The molecule has 0 saturated carbocycles. The number of unbranched alkanes of at least 4 members (excludes halogenated alkanes) is 1. The largest absolute Gasteiger partial charge is 0.480 e. The molecule has 4 unspecified atom stereocenters. The quantitative estimate of drug-likeness (QED) is 0.117. The van der Waals surface area contributed by atoms with Gasteiger partial charge in [-0.25, -0.2) is 4.79 Å². The van der Waals surface area contributed by atoms with E-state index in [4.69, 9.17) is 11.5 Å². The van der Waals surface area contributed by atoms with E-state index in [1.165, 1.54) is 0 Å². The van der Waals surface area contributed by atoms with Crippen LogP contribution in [-0.4, -0.2) is 64.5 Å². The van der Waals surface area contributed by atoms with Gasteiger partial charge in [0.15, 0.2) is 0 Å². The second kappa shape index (κ2) is 16.4. The smallest absolute Gasteiger partial charge is 0.326 e. The highest BCUT2D eigenvalue weighted by atomic mass is 16.4. The number of rotatable bonds is 17. The maximum absolute atomic E-state index is 13.6. The van der Waals surface area contributed by atoms with E-state index < -0.39 is 47.9 Å². The van der Waals surface area contributed by atoms with Gasteiger partial charge in [-0.2, -0.15) is 0 Å². The van der Waals surface area contributed by atoms with Crippen molar-refractivity contribution in [3.8, 4) is 0 Å². The van der Waals surface area contributed by atoms with Crippen LogP contribution in [0.15, 0.2) is 60.8 Å². The third kappa shape index (κ3) is 10.2. The Bertz CT molecular complexity index is 1360. The number of carboxylic acids is 1. The monoisotopic (exact) mass is 592 g/mol. The molecule has 1 aromatic heterocycles. The first-order valence-electron chi connectivity index (χ1n) is 14.8. The van der Waals surface area contributed by atoms with Crippen molar-refractivity contribution in [1.82, 2.24) is 20.9 Å². The van der Waals surface area contributed by atoms with Gasteiger partial charge in [-0.05, 0) is 61.8 Å². The van der Waals surface area contributed by atoms with Crippen LogP contribution in [0, 0.1) is 5.92 Å². The lowest BCUT2D eigenvalue weighted by molar-refractivity contribution is -0.142. The number of carboxylic acid groups (broad SMARTS) is 1. The number of nitrogens with two attached hydrogens (primary N) is 2. The molecule has 11 heteroatoms. The third-order valence-corrected chi connectivity index (χ3v) is 7.27. The van der Waals surface area contributed by atoms with Crippen molar-refractivity contribution < 1.29 is 24.3 Å². The van der Waals surface area contributed by atoms with Gasteiger partial charge in [-0.15, -0.1) is 0 Å². The molecule has 2 aromatic carbocycles. The number of hydrogen-bond acceptors (Lipinski definition) is 6. The molecule has 3 aromatic rings. The molecule has 0 fully saturated rings. The van der Waals surface area contributed by atoms with E-state index in [0.29, 0.717) is 25.8 Å². The topological polar surface area (TPSA) is 192 Å². The van der Waals surface area contributed by atoms with Crippen LogP contribution in [0.2, 0.25) is 0 Å². The molecule has 3 amide bonds. The van der Waals surface area contributed by atoms with Crippen molar-refractivity contribution in [1.29, 1.82) is 0 Å². The number of amides is 3. The molecule has 11 nitrogen and oxygen atoms in total. The Morgan fingerprint density at radius 2 is 1.44 bits per heavy atom. The predicted molar refractivity (Wildman–Crippen MR) is 166 cm³/mol. The van der Waals surface area contributed by atoms with Gasteiger partial charge in [0.2, 0.25) is 17.7 Å². The summed E-state index contributed by atoms with van der Waals surface area (Å²) in [4.78, 5) is 55.1. The Labute approximate surface area is 252 Å². The molecule has 1 heterocycles. The molecule has 4 atom stereocenters. The zero-order valence-electron chi connectivity index (χ0n) is 24.8. The van der Waals surface area contributed by atoms with Gasteiger partial charge < -0.3 is 37.5 Å². The summed E-state index contributed by atoms with van der Waals surface area (Å²) in [7, 11) is 0. The number of aliphatic carboxylic acids is 1. The maximum atomic E-state index is 13.6. The molecular formula is C32H44N6O5. The van der Waals surface area contributed by atoms with Crippen molar-refractivity contribution in [3.63, 3.8) is 0 Å². The highest BCUT2D eigenvalue weighted by Gasteiger charge is 2.31. The van der Waals surface area contributed by atoms with Gasteiger partial charge in [0.1, 0.15) is 18.1 Å². The lowest BCUT2D eigenvalue weighted by Crippen LogP contribution is -2.57. The van der Waals surface area contributed by atoms with Crippen molar-refractivity contribution in [3.05, 3.63) is 71.9 Å². The molecule has 0 aliphatic heterocycles. The fourth-order valence-electron chi connectivity index (χ4n) is 4.97. The number of hydrogen-bond donors (Lipinski definition) is 7. The normalized spacial score (nSPS) is 14.1. The zero-order chi connectivity index (χ0) is 31.4. The number of aromatic amines is 1. The summed E-state index contributed by atoms with van der Waals surface area (Å²) < 4.78 is 0. The van der Waals surface area contributed by atoms with Gasteiger partial charge >= 0.3 is 5.97 Å². The SMILES string of the molecule is CC(C)CC(NC(=O)C(Cc1ccccc1)NC(=O)C(CCCCN)NC(=O)C(N)Cc1c[nH]c2ccccc12)C(=O)O. The van der Waals surface area contributed by atoms with Crippen molar-refractivity contribution in [2.75, 3.05) is 6.54 Å². The summed E-state index contributed by atoms with van der Waals surface area (Å²) in [6.07, 6.45) is 3.95. The fraction of sp³-hybridized carbons (Fsp3) is 0.438. The average Bonchev–Trinajstić information content (AvgIpc) is 3.38. The lowest BCUT2D eigenvalue weighted by Gasteiger charge is -2.26. The Hall–Kier alpha value is -4.22. The fourth-order valence-corrected chi connectivity index (χ4v) is 4.97. The van der Waals surface area contributed by atoms with E-state index in [-0.39, 0.29) is 25.2 Å². The van der Waals surface area contributed by atoms with E-state index in [2.05, 4.69) is 20.9 Å². The number of carbonyl (C=O) groups is 4. The van der Waals surface area contributed by atoms with Crippen molar-refractivity contribution in [2.24, 2.45) is 17.4 Å². The van der Waals surface area contributed by atoms with Crippen LogP contribution in [0.3, 0.4) is 0 Å². The second-order valence-corrected chi connectivity index (χ2v) is 11.3. The van der Waals surface area contributed by atoms with Gasteiger partial charge in [0.05, 0.1) is 6.04 Å². The van der Waals surface area contributed by atoms with Crippen LogP contribution >= 0.6 is 0 Å². The van der Waals surface area contributed by atoms with Crippen LogP contribution in [0.1, 0.15) is 50.7 Å². The number of fused-ring (bicyclic) bond motifs is 1. The number of aromatic nitrogens is 1. The first-order valence-corrected chi connectivity index (χ1v) is 14.8. The lowest BCUT2D eigenvalue weighted by atomic mass is 10.0. The molecule has 0 aliphatic carbocycles. The molecule has 43 heavy (non-hydrogen) atoms. The predicted octanol–water partition coefficient (Wildman–Crippen LogP) is 1.99. The van der Waals surface area contributed by atoms with Crippen molar-refractivity contribution >= 4 is 34.6 Å². The van der Waals surface area contributed by atoms with Crippen LogP contribution in [0.5, 0.6) is 0 Å². The Kier molecular flexibility index (Phi) is 12.7. The molecule has 0 saturated heterocycles. The van der Waals surface area contributed by atoms with Gasteiger partial charge in [-0.3, -0.25) is 14.4 Å². The molecule has 0 aliphatic rings. The number of H-pyrrole nitrogens is 1. The Balaban J connectivity index is 1.76. The summed E-state index contributed by atoms with van der Waals surface area (Å²) in [5.74, 6) is -2.79. The van der Waals surface area contributed by atoms with Crippen LogP contribution in [0.25, 0.3) is 10.9 Å². The molecular weight excluding hydrogens is 548 g/mol. The molecule has 0 radical (unpaired) electrons. The minimum atomic E-state index is -1.15. The molecule has 0 spiro atoms. The highest BCUT2D eigenvalue weighted by Crippen LogP contribution is 2.19. The standard InChI is InChI=1S/C32H44N6O5/c1-20(2)16-28(32(42)43)38-31(41)27(17-21-10-4-3-5-11-21)37-30(40)26(14-8-9-15-33)36-29(39)24(34)18-22-19-35-25-13-7-6-12-23(22)25/h3-7,10-13,19-20,24,26-28,35H,8-9,14-18,33-34H2,1-2H3,(H,36,39)(H,37,40)(H,38,41)(H,42,43). The minimum Gasteiger partial charge on any atom is -0.480 e. The molecule has 232 valence electrons. The summed E-state index contributed by atoms with van der Waals surface area (Å²) in [6.45, 7) is 4.15. The molecule has 0 bridgehead atoms.